The molecule has 1 aromatic heterocycles. The standard InChI is InChI=1S/C28H30ClN5O3/c1-19-4-2-7-25(27(19)29)32-22-8-9-26-21(14-22)16-31-34(26)23-6-3-5-20(15-23)28(36)30-17-24(35)18-33-10-12-37-13-11-33/h2-9,14-16,24,32,35H,10-13,17-18H2,1H3,(H,30,36). The predicted molar refractivity (Wildman–Crippen MR) is 146 cm³/mol. The number of aryl methyl sites for hydroxylation is 1. The van der Waals surface area contributed by atoms with Crippen LogP contribution in [0.4, 0.5) is 11.4 Å². The number of morpholine rings is 1. The summed E-state index contributed by atoms with van der Waals surface area (Å²) in [5, 5.41) is 22.8. The molecular weight excluding hydrogens is 490 g/mol. The van der Waals surface area contributed by atoms with E-state index >= 15 is 0 Å². The Morgan fingerprint density at radius 1 is 1.14 bits per heavy atom. The van der Waals surface area contributed by atoms with Gasteiger partial charge in [-0.2, -0.15) is 5.10 Å². The van der Waals surface area contributed by atoms with Crippen LogP contribution in [-0.2, 0) is 4.74 Å². The van der Waals surface area contributed by atoms with E-state index in [2.05, 4.69) is 20.6 Å². The Kier molecular flexibility index (Phi) is 7.71. The monoisotopic (exact) mass is 519 g/mol. The maximum absolute atomic E-state index is 12.8. The van der Waals surface area contributed by atoms with Crippen molar-refractivity contribution in [1.82, 2.24) is 20.0 Å². The maximum atomic E-state index is 12.8. The van der Waals surface area contributed by atoms with Gasteiger partial charge in [-0.1, -0.05) is 29.8 Å². The maximum Gasteiger partial charge on any atom is 0.251 e. The summed E-state index contributed by atoms with van der Waals surface area (Å²) < 4.78 is 7.14. The Morgan fingerprint density at radius 3 is 2.78 bits per heavy atom. The van der Waals surface area contributed by atoms with Gasteiger partial charge >= 0.3 is 0 Å². The third kappa shape index (κ3) is 5.94. The summed E-state index contributed by atoms with van der Waals surface area (Å²) in [6, 6.07) is 19.2. The van der Waals surface area contributed by atoms with Crippen molar-refractivity contribution in [2.45, 2.75) is 13.0 Å². The van der Waals surface area contributed by atoms with Crippen LogP contribution in [0.15, 0.2) is 66.9 Å². The Labute approximate surface area is 220 Å². The van der Waals surface area contributed by atoms with Crippen molar-refractivity contribution in [1.29, 1.82) is 0 Å². The van der Waals surface area contributed by atoms with Crippen molar-refractivity contribution in [3.05, 3.63) is 83.0 Å². The van der Waals surface area contributed by atoms with Gasteiger partial charge in [-0.15, -0.1) is 0 Å². The highest BCUT2D eigenvalue weighted by atomic mass is 35.5. The quantitative estimate of drug-likeness (QED) is 0.324. The number of amides is 1. The first-order valence-electron chi connectivity index (χ1n) is 12.3. The average molecular weight is 520 g/mol. The molecular formula is C28H30ClN5O3. The number of hydrogen-bond acceptors (Lipinski definition) is 6. The minimum Gasteiger partial charge on any atom is -0.390 e. The van der Waals surface area contributed by atoms with Crippen LogP contribution in [0.2, 0.25) is 5.02 Å². The number of ether oxygens (including phenoxy) is 1. The Balaban J connectivity index is 1.27. The number of halogens is 1. The summed E-state index contributed by atoms with van der Waals surface area (Å²) in [7, 11) is 0. The largest absolute Gasteiger partial charge is 0.390 e. The van der Waals surface area contributed by atoms with E-state index in [0.717, 1.165) is 46.6 Å². The number of carbonyl (C=O) groups excluding carboxylic acids is 1. The van der Waals surface area contributed by atoms with Gasteiger partial charge in [0.2, 0.25) is 0 Å². The molecule has 1 aliphatic rings. The Bertz CT molecular complexity index is 1400. The number of nitrogens with one attached hydrogen (secondary N) is 2. The lowest BCUT2D eigenvalue weighted by Crippen LogP contribution is -2.44. The van der Waals surface area contributed by atoms with E-state index in [1.807, 2.05) is 60.1 Å². The zero-order chi connectivity index (χ0) is 25.8. The number of aliphatic hydroxyl groups excluding tert-OH is 1. The highest BCUT2D eigenvalue weighted by Crippen LogP contribution is 2.30. The molecule has 0 aliphatic carbocycles. The molecule has 1 aliphatic heterocycles. The zero-order valence-corrected chi connectivity index (χ0v) is 21.4. The topological polar surface area (TPSA) is 91.7 Å². The Morgan fingerprint density at radius 2 is 1.95 bits per heavy atom. The molecule has 1 atom stereocenters. The number of carbonyl (C=O) groups is 1. The first-order chi connectivity index (χ1) is 18.0. The van der Waals surface area contributed by atoms with Gasteiger partial charge in [0.15, 0.2) is 0 Å². The molecule has 0 bridgehead atoms. The van der Waals surface area contributed by atoms with Gasteiger partial charge < -0.3 is 20.5 Å². The smallest absolute Gasteiger partial charge is 0.251 e. The molecule has 37 heavy (non-hydrogen) atoms. The van der Waals surface area contributed by atoms with Gasteiger partial charge in [-0.25, -0.2) is 4.68 Å². The van der Waals surface area contributed by atoms with Crippen LogP contribution >= 0.6 is 11.6 Å². The van der Waals surface area contributed by atoms with E-state index in [9.17, 15) is 9.90 Å². The van der Waals surface area contributed by atoms with E-state index < -0.39 is 6.10 Å². The molecule has 0 radical (unpaired) electrons. The molecule has 192 valence electrons. The summed E-state index contributed by atoms with van der Waals surface area (Å²) in [6.07, 6.45) is 1.16. The van der Waals surface area contributed by atoms with Crippen LogP contribution in [-0.4, -0.2) is 71.2 Å². The molecule has 0 saturated carbocycles. The highest BCUT2D eigenvalue weighted by Gasteiger charge is 2.16. The summed E-state index contributed by atoms with van der Waals surface area (Å²) >= 11 is 6.44. The molecule has 5 rings (SSSR count). The third-order valence-electron chi connectivity index (χ3n) is 6.46. The SMILES string of the molecule is Cc1cccc(Nc2ccc3c(cnn3-c3cccc(C(=O)NCC(O)CN4CCOCC4)c3)c2)c1Cl. The molecule has 0 spiro atoms. The average Bonchev–Trinajstić information content (AvgIpc) is 3.34. The molecule has 9 heteroatoms. The van der Waals surface area contributed by atoms with Crippen LogP contribution < -0.4 is 10.6 Å². The van der Waals surface area contributed by atoms with Crippen LogP contribution in [0.25, 0.3) is 16.6 Å². The van der Waals surface area contributed by atoms with Crippen LogP contribution in [0.1, 0.15) is 15.9 Å². The highest BCUT2D eigenvalue weighted by molar-refractivity contribution is 6.34. The number of aromatic nitrogens is 2. The molecule has 1 saturated heterocycles. The number of benzene rings is 3. The minimum atomic E-state index is -0.641. The van der Waals surface area contributed by atoms with E-state index in [-0.39, 0.29) is 12.5 Å². The molecule has 1 amide bonds. The molecule has 2 heterocycles. The van der Waals surface area contributed by atoms with Gasteiger partial charge in [0.1, 0.15) is 0 Å². The molecule has 3 aromatic carbocycles. The molecule has 3 N–H and O–H groups in total. The number of β-amino-alcohol motifs (C(OH)–C–C–N with tert-alkyl or cyclic N) is 1. The first kappa shape index (κ1) is 25.2. The second-order valence-corrected chi connectivity index (χ2v) is 9.60. The molecule has 1 unspecified atom stereocenters. The second kappa shape index (κ2) is 11.3. The number of hydrogen-bond donors (Lipinski definition) is 3. The lowest BCUT2D eigenvalue weighted by Gasteiger charge is -2.28. The van der Waals surface area contributed by atoms with Crippen molar-refractivity contribution in [2.24, 2.45) is 0 Å². The summed E-state index contributed by atoms with van der Waals surface area (Å²) in [5.74, 6) is -0.235. The van der Waals surface area contributed by atoms with Crippen LogP contribution in [0, 0.1) is 6.92 Å². The number of fused-ring (bicyclic) bond motifs is 1. The van der Waals surface area contributed by atoms with Gasteiger partial charge in [0, 0.05) is 42.8 Å². The predicted octanol–water partition coefficient (Wildman–Crippen LogP) is 4.15. The van der Waals surface area contributed by atoms with Crippen molar-refractivity contribution < 1.29 is 14.6 Å². The van der Waals surface area contributed by atoms with Crippen molar-refractivity contribution in [2.75, 3.05) is 44.7 Å². The minimum absolute atomic E-state index is 0.186. The van der Waals surface area contributed by atoms with Gasteiger partial charge in [-0.05, 0) is 55.0 Å². The normalized spacial score (nSPS) is 15.0. The fraction of sp³-hybridized carbons (Fsp3) is 0.286. The lowest BCUT2D eigenvalue weighted by molar-refractivity contribution is 0.0149. The molecule has 1 fully saturated rings. The van der Waals surface area contributed by atoms with Gasteiger partial charge in [0.05, 0.1) is 47.4 Å². The zero-order valence-electron chi connectivity index (χ0n) is 20.7. The number of aliphatic hydroxyl groups is 1. The van der Waals surface area contributed by atoms with Gasteiger partial charge in [0.25, 0.3) is 5.91 Å². The van der Waals surface area contributed by atoms with Crippen molar-refractivity contribution in [3.8, 4) is 5.69 Å². The number of nitrogens with zero attached hydrogens (tertiary/aromatic N) is 3. The van der Waals surface area contributed by atoms with Gasteiger partial charge in [-0.3, -0.25) is 9.69 Å². The fourth-order valence-electron chi connectivity index (χ4n) is 4.45. The van der Waals surface area contributed by atoms with Crippen molar-refractivity contribution >= 4 is 39.8 Å². The summed E-state index contributed by atoms with van der Waals surface area (Å²) in [4.78, 5) is 14.9. The van der Waals surface area contributed by atoms with E-state index in [0.29, 0.717) is 30.3 Å². The van der Waals surface area contributed by atoms with E-state index in [4.69, 9.17) is 16.3 Å². The first-order valence-corrected chi connectivity index (χ1v) is 12.7. The van der Waals surface area contributed by atoms with Crippen LogP contribution in [0.3, 0.4) is 0 Å². The summed E-state index contributed by atoms with van der Waals surface area (Å²) in [5.41, 5.74) is 4.96. The Hall–Kier alpha value is -3.43. The molecule has 4 aromatic rings. The second-order valence-electron chi connectivity index (χ2n) is 9.22. The van der Waals surface area contributed by atoms with E-state index in [1.165, 1.54) is 0 Å². The summed E-state index contributed by atoms with van der Waals surface area (Å²) in [6.45, 7) is 5.61. The molecule has 8 nitrogen and oxygen atoms in total. The van der Waals surface area contributed by atoms with Crippen LogP contribution in [0.5, 0.6) is 0 Å². The number of anilines is 2. The number of rotatable bonds is 8. The fourth-order valence-corrected chi connectivity index (χ4v) is 4.63. The van der Waals surface area contributed by atoms with E-state index in [1.54, 1.807) is 18.3 Å². The van der Waals surface area contributed by atoms with Crippen molar-refractivity contribution in [3.63, 3.8) is 0 Å². The lowest BCUT2D eigenvalue weighted by atomic mass is 10.1. The third-order valence-corrected chi connectivity index (χ3v) is 6.96.